The predicted octanol–water partition coefficient (Wildman–Crippen LogP) is 3.70. The molecule has 0 saturated heterocycles. The number of amides is 1. The smallest absolute Gasteiger partial charge is 0.209 e. The number of fused-ring (bicyclic) bond motifs is 2. The molecule has 0 bridgehead atoms. The van der Waals surface area contributed by atoms with Gasteiger partial charge in [-0.15, -0.1) is 0 Å². The van der Waals surface area contributed by atoms with Gasteiger partial charge in [-0.25, -0.2) is 0 Å². The lowest BCUT2D eigenvalue weighted by molar-refractivity contribution is -0.115. The Hall–Kier alpha value is -2.35. The van der Waals surface area contributed by atoms with Crippen LogP contribution in [0.2, 0.25) is 0 Å². The van der Waals surface area contributed by atoms with Crippen LogP contribution in [0.1, 0.15) is 0 Å². The Morgan fingerprint density at radius 1 is 0.737 bits per heavy atom. The summed E-state index contributed by atoms with van der Waals surface area (Å²) < 4.78 is 0. The summed E-state index contributed by atoms with van der Waals surface area (Å²) in [6, 6.07) is 21.4. The van der Waals surface area contributed by atoms with E-state index in [2.05, 4.69) is 60.7 Å². The van der Waals surface area contributed by atoms with Crippen LogP contribution in [0, 0.1) is 0 Å². The lowest BCUT2D eigenvalue weighted by atomic mass is 10.0. The maximum absolute atomic E-state index is 9.43. The summed E-state index contributed by atoms with van der Waals surface area (Å²) in [6.07, 6.45) is 0.750. The molecule has 3 aromatic rings. The molecule has 3 aromatic carbocycles. The quantitative estimate of drug-likeness (QED) is 0.477. The number of carbonyl (C=O) groups is 1. The van der Waals surface area contributed by atoms with Crippen LogP contribution in [0.25, 0.3) is 21.5 Å². The Morgan fingerprint density at radius 2 is 1.00 bits per heavy atom. The average molecular weight is 251 g/mol. The molecule has 19 heavy (non-hydrogen) atoms. The summed E-state index contributed by atoms with van der Waals surface area (Å²) in [7, 11) is 3.38. The van der Waals surface area contributed by atoms with Crippen LogP contribution in [-0.4, -0.2) is 25.4 Å². The van der Waals surface area contributed by atoms with Crippen molar-refractivity contribution in [2.45, 2.75) is 0 Å². The number of benzene rings is 3. The van der Waals surface area contributed by atoms with Crippen LogP contribution in [-0.2, 0) is 4.79 Å². The van der Waals surface area contributed by atoms with E-state index < -0.39 is 0 Å². The van der Waals surface area contributed by atoms with Crippen molar-refractivity contribution in [3.05, 3.63) is 60.7 Å². The minimum absolute atomic E-state index is 0.750. The third-order valence-electron chi connectivity index (χ3n) is 2.82. The Kier molecular flexibility index (Phi) is 4.14. The minimum atomic E-state index is 0.750. The first kappa shape index (κ1) is 13.1. The molecular weight excluding hydrogens is 234 g/mol. The maximum Gasteiger partial charge on any atom is 0.209 e. The van der Waals surface area contributed by atoms with Gasteiger partial charge >= 0.3 is 0 Å². The first-order valence-corrected chi connectivity index (χ1v) is 6.20. The largest absolute Gasteiger partial charge is 0.351 e. The van der Waals surface area contributed by atoms with E-state index >= 15 is 0 Å². The van der Waals surface area contributed by atoms with Gasteiger partial charge in [0.05, 0.1) is 0 Å². The molecule has 0 heterocycles. The number of hydrogen-bond acceptors (Lipinski definition) is 1. The molecule has 0 spiro atoms. The molecule has 3 rings (SSSR count). The van der Waals surface area contributed by atoms with Crippen LogP contribution in [0.4, 0.5) is 0 Å². The number of rotatable bonds is 1. The number of hydrogen-bond donors (Lipinski definition) is 0. The van der Waals surface area contributed by atoms with E-state index in [1.54, 1.807) is 14.1 Å². The van der Waals surface area contributed by atoms with E-state index in [-0.39, 0.29) is 0 Å². The summed E-state index contributed by atoms with van der Waals surface area (Å²) in [5.74, 6) is 0. The summed E-state index contributed by atoms with van der Waals surface area (Å²) in [6.45, 7) is 0. The maximum atomic E-state index is 9.43. The Labute approximate surface area is 113 Å². The van der Waals surface area contributed by atoms with E-state index in [4.69, 9.17) is 0 Å². The second kappa shape index (κ2) is 6.01. The van der Waals surface area contributed by atoms with Gasteiger partial charge in [0.15, 0.2) is 0 Å². The van der Waals surface area contributed by atoms with Crippen molar-refractivity contribution in [3.63, 3.8) is 0 Å². The molecule has 0 aliphatic heterocycles. The topological polar surface area (TPSA) is 20.3 Å². The summed E-state index contributed by atoms with van der Waals surface area (Å²) in [4.78, 5) is 10.9. The zero-order valence-corrected chi connectivity index (χ0v) is 11.2. The van der Waals surface area contributed by atoms with E-state index in [1.165, 1.54) is 26.4 Å². The lowest BCUT2D eigenvalue weighted by Gasteiger charge is -2.00. The van der Waals surface area contributed by atoms with E-state index in [9.17, 15) is 4.79 Å². The highest BCUT2D eigenvalue weighted by atomic mass is 16.1. The van der Waals surface area contributed by atoms with Crippen molar-refractivity contribution in [2.24, 2.45) is 0 Å². The molecule has 1 amide bonds. The van der Waals surface area contributed by atoms with Crippen LogP contribution < -0.4 is 0 Å². The molecule has 2 nitrogen and oxygen atoms in total. The first-order valence-electron chi connectivity index (χ1n) is 6.20. The highest BCUT2D eigenvalue weighted by Crippen LogP contribution is 2.21. The van der Waals surface area contributed by atoms with E-state index in [0.29, 0.717) is 0 Å². The van der Waals surface area contributed by atoms with Crippen molar-refractivity contribution < 1.29 is 4.79 Å². The van der Waals surface area contributed by atoms with Gasteiger partial charge in [0.25, 0.3) is 0 Å². The standard InChI is InChI=1S/C14H10.C3H7NO/c1-2-6-12-10-14-8-4-3-7-13(14)9-11(12)5-1;1-4(2)3-5/h1-10H;3H,1-2H3. The van der Waals surface area contributed by atoms with Gasteiger partial charge in [0.2, 0.25) is 6.41 Å². The summed E-state index contributed by atoms with van der Waals surface area (Å²) in [5.41, 5.74) is 0. The molecule has 0 saturated carbocycles. The fourth-order valence-corrected chi connectivity index (χ4v) is 1.88. The van der Waals surface area contributed by atoms with Crippen LogP contribution in [0.3, 0.4) is 0 Å². The molecule has 96 valence electrons. The van der Waals surface area contributed by atoms with Gasteiger partial charge < -0.3 is 4.90 Å². The zero-order chi connectivity index (χ0) is 13.7. The molecule has 0 aromatic heterocycles. The molecule has 2 heteroatoms. The van der Waals surface area contributed by atoms with Gasteiger partial charge in [-0.1, -0.05) is 48.5 Å². The second-order valence-corrected chi connectivity index (χ2v) is 4.62. The molecule has 0 fully saturated rings. The predicted molar refractivity (Wildman–Crippen MR) is 81.2 cm³/mol. The minimum Gasteiger partial charge on any atom is -0.351 e. The Balaban J connectivity index is 0.000000232. The monoisotopic (exact) mass is 251 g/mol. The molecule has 0 unspecified atom stereocenters. The Bertz CT molecular complexity index is 584. The SMILES string of the molecule is CN(C)C=O.c1ccc2cc3ccccc3cc2c1. The fraction of sp³-hybridized carbons (Fsp3) is 0.118. The van der Waals surface area contributed by atoms with E-state index in [0.717, 1.165) is 6.41 Å². The van der Waals surface area contributed by atoms with E-state index in [1.807, 2.05) is 0 Å². The van der Waals surface area contributed by atoms with Crippen molar-refractivity contribution in [3.8, 4) is 0 Å². The molecular formula is C17H17NO. The highest BCUT2D eigenvalue weighted by Gasteiger charge is 1.95. The first-order chi connectivity index (χ1) is 9.20. The number of carbonyl (C=O) groups excluding carboxylic acids is 1. The molecule has 0 atom stereocenters. The van der Waals surface area contributed by atoms with Crippen molar-refractivity contribution in [1.29, 1.82) is 0 Å². The molecule has 0 N–H and O–H groups in total. The summed E-state index contributed by atoms with van der Waals surface area (Å²) >= 11 is 0. The third kappa shape index (κ3) is 3.32. The van der Waals surface area contributed by atoms with Crippen molar-refractivity contribution >= 4 is 28.0 Å². The van der Waals surface area contributed by atoms with Gasteiger partial charge in [-0.05, 0) is 33.7 Å². The average Bonchev–Trinajstić information content (AvgIpc) is 2.45. The lowest BCUT2D eigenvalue weighted by Crippen LogP contribution is -2.06. The molecule has 0 aliphatic rings. The van der Waals surface area contributed by atoms with Gasteiger partial charge in [0.1, 0.15) is 0 Å². The fourth-order valence-electron chi connectivity index (χ4n) is 1.88. The zero-order valence-electron chi connectivity index (χ0n) is 11.2. The van der Waals surface area contributed by atoms with Gasteiger partial charge in [-0.2, -0.15) is 0 Å². The van der Waals surface area contributed by atoms with Gasteiger partial charge in [0, 0.05) is 14.1 Å². The third-order valence-corrected chi connectivity index (χ3v) is 2.82. The van der Waals surface area contributed by atoms with Crippen LogP contribution in [0.15, 0.2) is 60.7 Å². The van der Waals surface area contributed by atoms with Gasteiger partial charge in [-0.3, -0.25) is 4.79 Å². The van der Waals surface area contributed by atoms with Crippen molar-refractivity contribution in [2.75, 3.05) is 14.1 Å². The highest BCUT2D eigenvalue weighted by molar-refractivity contribution is 5.98. The number of nitrogens with zero attached hydrogens (tertiary/aromatic N) is 1. The summed E-state index contributed by atoms with van der Waals surface area (Å²) in [5, 5.41) is 5.25. The second-order valence-electron chi connectivity index (χ2n) is 4.62. The van der Waals surface area contributed by atoms with Crippen LogP contribution >= 0.6 is 0 Å². The Morgan fingerprint density at radius 3 is 1.21 bits per heavy atom. The van der Waals surface area contributed by atoms with Crippen molar-refractivity contribution in [1.82, 2.24) is 4.90 Å². The van der Waals surface area contributed by atoms with Crippen LogP contribution in [0.5, 0.6) is 0 Å². The normalized spacial score (nSPS) is 9.79. The molecule has 0 radical (unpaired) electrons. The molecule has 0 aliphatic carbocycles.